The Morgan fingerprint density at radius 3 is 2.68 bits per heavy atom. The van der Waals surface area contributed by atoms with Gasteiger partial charge in [0.1, 0.15) is 0 Å². The van der Waals surface area contributed by atoms with Crippen LogP contribution in [0.5, 0.6) is 0 Å². The maximum Gasteiger partial charge on any atom is 0.264 e. The van der Waals surface area contributed by atoms with E-state index in [0.29, 0.717) is 17.4 Å². The van der Waals surface area contributed by atoms with E-state index in [1.165, 1.54) is 5.56 Å². The largest absolute Gasteiger partial charge is 0.371 e. The van der Waals surface area contributed by atoms with E-state index in [0.717, 1.165) is 37.2 Å². The van der Waals surface area contributed by atoms with Crippen LogP contribution in [0.25, 0.3) is 11.1 Å². The van der Waals surface area contributed by atoms with Crippen LogP contribution in [0, 0.1) is 5.92 Å². The highest BCUT2D eigenvalue weighted by atomic mass is 19.3. The van der Waals surface area contributed by atoms with Gasteiger partial charge < -0.3 is 4.90 Å². The number of aromatic nitrogens is 2. The molecule has 0 bridgehead atoms. The Morgan fingerprint density at radius 2 is 2.08 bits per heavy atom. The summed E-state index contributed by atoms with van der Waals surface area (Å²) in [5, 5.41) is 4.15. The van der Waals surface area contributed by atoms with Crippen molar-refractivity contribution in [2.24, 2.45) is 13.0 Å². The normalized spacial score (nSPS) is 18.5. The first-order chi connectivity index (χ1) is 11.9. The summed E-state index contributed by atoms with van der Waals surface area (Å²) in [6.07, 6.45) is 3.12. The number of aryl methyl sites for hydroxylation is 1. The van der Waals surface area contributed by atoms with Crippen LogP contribution in [0.4, 0.5) is 14.5 Å². The van der Waals surface area contributed by atoms with E-state index in [-0.39, 0.29) is 5.56 Å². The molecule has 1 aliphatic heterocycles. The lowest BCUT2D eigenvalue weighted by Gasteiger charge is -2.37. The smallest absolute Gasteiger partial charge is 0.264 e. The fraction of sp³-hybridized carbons (Fsp3) is 0.550. The molecule has 1 aliphatic rings. The third kappa shape index (κ3) is 3.55. The number of rotatable bonds is 5. The average molecular weight is 347 g/mol. The minimum absolute atomic E-state index is 0.106. The monoisotopic (exact) mass is 347 g/mol. The Hall–Kier alpha value is -1.91. The Kier molecular flexibility index (Phi) is 5.11. The predicted octanol–water partition coefficient (Wildman–Crippen LogP) is 5.38. The van der Waals surface area contributed by atoms with Crippen LogP contribution in [-0.2, 0) is 7.05 Å². The van der Waals surface area contributed by atoms with Gasteiger partial charge in [-0.05, 0) is 41.5 Å². The van der Waals surface area contributed by atoms with Crippen molar-refractivity contribution in [2.45, 2.75) is 46.0 Å². The van der Waals surface area contributed by atoms with E-state index < -0.39 is 6.43 Å². The van der Waals surface area contributed by atoms with Gasteiger partial charge in [0.2, 0.25) is 0 Å². The van der Waals surface area contributed by atoms with Crippen LogP contribution in [0.2, 0.25) is 0 Å². The van der Waals surface area contributed by atoms with Gasteiger partial charge in [-0.3, -0.25) is 4.68 Å². The highest BCUT2D eigenvalue weighted by molar-refractivity contribution is 5.74. The molecule has 1 aromatic heterocycles. The number of anilines is 1. The molecule has 0 radical (unpaired) electrons. The molecule has 0 aliphatic carbocycles. The molecule has 1 aromatic carbocycles. The van der Waals surface area contributed by atoms with E-state index in [2.05, 4.69) is 30.8 Å². The van der Waals surface area contributed by atoms with Gasteiger partial charge in [0.15, 0.2) is 0 Å². The zero-order valence-corrected chi connectivity index (χ0v) is 15.5. The Balaban J connectivity index is 2.10. The first kappa shape index (κ1) is 17.9. The quantitative estimate of drug-likeness (QED) is 0.723. The van der Waals surface area contributed by atoms with E-state index in [1.807, 2.05) is 6.07 Å². The van der Waals surface area contributed by atoms with E-state index in [4.69, 9.17) is 0 Å². The number of hydrogen-bond donors (Lipinski definition) is 0. The first-order valence-corrected chi connectivity index (χ1v) is 9.10. The molecule has 0 saturated heterocycles. The van der Waals surface area contributed by atoms with E-state index in [9.17, 15) is 8.78 Å². The number of nitrogens with zero attached hydrogens (tertiary/aromatic N) is 3. The third-order valence-electron chi connectivity index (χ3n) is 5.38. The van der Waals surface area contributed by atoms with Crippen LogP contribution in [0.3, 0.4) is 0 Å². The second-order valence-electron chi connectivity index (χ2n) is 7.35. The number of alkyl halides is 2. The molecule has 0 fully saturated rings. The minimum atomic E-state index is -2.50. The maximum absolute atomic E-state index is 13.8. The Morgan fingerprint density at radius 1 is 1.32 bits per heavy atom. The molecule has 25 heavy (non-hydrogen) atoms. The molecule has 3 nitrogen and oxygen atoms in total. The molecule has 2 atom stereocenters. The van der Waals surface area contributed by atoms with Gasteiger partial charge in [-0.15, -0.1) is 0 Å². The summed E-state index contributed by atoms with van der Waals surface area (Å²) in [6.45, 7) is 8.44. The highest BCUT2D eigenvalue weighted by Crippen LogP contribution is 2.42. The van der Waals surface area contributed by atoms with Gasteiger partial charge in [-0.25, -0.2) is 8.78 Å². The van der Waals surface area contributed by atoms with Crippen LogP contribution in [-0.4, -0.2) is 22.9 Å². The summed E-state index contributed by atoms with van der Waals surface area (Å²) in [7, 11) is 1.81. The van der Waals surface area contributed by atoms with Crippen LogP contribution in [0.15, 0.2) is 24.5 Å². The topological polar surface area (TPSA) is 21.1 Å². The van der Waals surface area contributed by atoms with Crippen molar-refractivity contribution in [1.82, 2.24) is 9.78 Å². The molecule has 136 valence electrons. The molecular weight excluding hydrogens is 320 g/mol. The number of benzene rings is 1. The molecule has 2 aromatic rings. The summed E-state index contributed by atoms with van der Waals surface area (Å²) in [4.78, 5) is 2.29. The summed E-state index contributed by atoms with van der Waals surface area (Å²) < 4.78 is 29.2. The number of hydrogen-bond acceptors (Lipinski definition) is 2. The minimum Gasteiger partial charge on any atom is -0.371 e. The van der Waals surface area contributed by atoms with Crippen molar-refractivity contribution in [3.63, 3.8) is 0 Å². The first-order valence-electron chi connectivity index (χ1n) is 9.10. The lowest BCUT2D eigenvalue weighted by atomic mass is 9.86. The predicted molar refractivity (Wildman–Crippen MR) is 98.3 cm³/mol. The zero-order valence-electron chi connectivity index (χ0n) is 15.5. The average Bonchev–Trinajstić information content (AvgIpc) is 3.02. The van der Waals surface area contributed by atoms with Crippen molar-refractivity contribution in [3.8, 4) is 11.1 Å². The third-order valence-corrected chi connectivity index (χ3v) is 5.38. The number of fused-ring (bicyclic) bond motifs is 1. The molecule has 3 rings (SSSR count). The van der Waals surface area contributed by atoms with Crippen molar-refractivity contribution in [1.29, 1.82) is 0 Å². The summed E-state index contributed by atoms with van der Waals surface area (Å²) in [5.74, 6) is 0.930. The Bertz CT molecular complexity index is 739. The van der Waals surface area contributed by atoms with Gasteiger partial charge in [-0.1, -0.05) is 27.2 Å². The second-order valence-corrected chi connectivity index (χ2v) is 7.35. The zero-order chi connectivity index (χ0) is 18.1. The van der Waals surface area contributed by atoms with Crippen LogP contribution < -0.4 is 4.90 Å². The lowest BCUT2D eigenvalue weighted by molar-refractivity contribution is 0.152. The molecule has 1 unspecified atom stereocenters. The van der Waals surface area contributed by atoms with Crippen molar-refractivity contribution < 1.29 is 8.78 Å². The fourth-order valence-corrected chi connectivity index (χ4v) is 3.60. The van der Waals surface area contributed by atoms with Gasteiger partial charge in [0.25, 0.3) is 6.43 Å². The van der Waals surface area contributed by atoms with Gasteiger partial charge in [0, 0.05) is 43.1 Å². The standard InChI is InChI=1S/C20H27F2N3/c1-5-13(2)11-25-7-6-14(3)16-8-17(15-10-23-24(4)12-15)18(20(21)22)9-19(16)25/h8-10,12-14,20H,5-7,11H2,1-4H3/t13?,14-/m1/s1. The second kappa shape index (κ2) is 7.14. The Labute approximate surface area is 148 Å². The van der Waals surface area contributed by atoms with Gasteiger partial charge in [0.05, 0.1) is 6.20 Å². The molecule has 0 amide bonds. The molecule has 2 heterocycles. The maximum atomic E-state index is 13.8. The molecule has 0 spiro atoms. The molecule has 0 saturated carbocycles. The van der Waals surface area contributed by atoms with Gasteiger partial charge in [-0.2, -0.15) is 5.10 Å². The summed E-state index contributed by atoms with van der Waals surface area (Å²) in [6, 6.07) is 3.70. The van der Waals surface area contributed by atoms with Gasteiger partial charge >= 0.3 is 0 Å². The SMILES string of the molecule is CCC(C)CN1CC[C@@H](C)c2cc(-c3cnn(C)c3)c(C(F)F)cc21. The summed E-state index contributed by atoms with van der Waals surface area (Å²) >= 11 is 0. The highest BCUT2D eigenvalue weighted by Gasteiger charge is 2.27. The number of halogens is 2. The van der Waals surface area contributed by atoms with Crippen LogP contribution >= 0.6 is 0 Å². The molecule has 5 heteroatoms. The van der Waals surface area contributed by atoms with Crippen molar-refractivity contribution in [3.05, 3.63) is 35.7 Å². The van der Waals surface area contributed by atoms with E-state index >= 15 is 0 Å². The molecule has 0 N–H and O–H groups in total. The lowest BCUT2D eigenvalue weighted by Crippen LogP contribution is -2.34. The molecular formula is C20H27F2N3. The van der Waals surface area contributed by atoms with Crippen molar-refractivity contribution >= 4 is 5.69 Å². The van der Waals surface area contributed by atoms with Crippen molar-refractivity contribution in [2.75, 3.05) is 18.0 Å². The van der Waals surface area contributed by atoms with E-state index in [1.54, 1.807) is 30.2 Å². The van der Waals surface area contributed by atoms with Crippen LogP contribution in [0.1, 0.15) is 57.1 Å². The summed E-state index contributed by atoms with van der Waals surface area (Å²) in [5.41, 5.74) is 3.64. The fourth-order valence-electron chi connectivity index (χ4n) is 3.60.